The SMILES string of the molecule is NCC(NC1CCCCC1CO)c1ccc(F)cc1Cl. The van der Waals surface area contributed by atoms with Crippen molar-refractivity contribution in [3.63, 3.8) is 0 Å². The molecular formula is C15H22ClFN2O. The average molecular weight is 301 g/mol. The van der Waals surface area contributed by atoms with Crippen molar-refractivity contribution in [1.29, 1.82) is 0 Å². The van der Waals surface area contributed by atoms with Crippen LogP contribution in [0.4, 0.5) is 4.39 Å². The van der Waals surface area contributed by atoms with Gasteiger partial charge in [0.1, 0.15) is 5.82 Å². The molecule has 0 amide bonds. The van der Waals surface area contributed by atoms with Crippen molar-refractivity contribution in [3.8, 4) is 0 Å². The highest BCUT2D eigenvalue weighted by atomic mass is 35.5. The molecule has 1 aromatic rings. The van der Waals surface area contributed by atoms with E-state index in [-0.39, 0.29) is 30.4 Å². The molecule has 0 aromatic heterocycles. The van der Waals surface area contributed by atoms with Gasteiger partial charge in [-0.1, -0.05) is 30.5 Å². The highest BCUT2D eigenvalue weighted by Crippen LogP contribution is 2.29. The molecule has 5 heteroatoms. The summed E-state index contributed by atoms with van der Waals surface area (Å²) in [5.41, 5.74) is 6.66. The number of aliphatic hydroxyl groups is 1. The lowest BCUT2D eigenvalue weighted by molar-refractivity contribution is 0.146. The van der Waals surface area contributed by atoms with Crippen molar-refractivity contribution in [2.24, 2.45) is 11.7 Å². The van der Waals surface area contributed by atoms with E-state index in [1.54, 1.807) is 6.07 Å². The van der Waals surface area contributed by atoms with E-state index in [1.165, 1.54) is 12.1 Å². The molecule has 3 atom stereocenters. The van der Waals surface area contributed by atoms with Gasteiger partial charge in [0.05, 0.1) is 0 Å². The summed E-state index contributed by atoms with van der Waals surface area (Å²) in [5, 5.41) is 13.3. The summed E-state index contributed by atoms with van der Waals surface area (Å²) in [6.07, 6.45) is 4.37. The first-order valence-corrected chi connectivity index (χ1v) is 7.55. The predicted octanol–water partition coefficient (Wildman–Crippen LogP) is 2.62. The Morgan fingerprint density at radius 1 is 1.40 bits per heavy atom. The second-order valence-electron chi connectivity index (χ2n) is 5.45. The Balaban J connectivity index is 2.11. The van der Waals surface area contributed by atoms with Crippen LogP contribution in [0.2, 0.25) is 5.02 Å². The Kier molecular flexibility index (Phi) is 5.78. The maximum absolute atomic E-state index is 13.1. The lowest BCUT2D eigenvalue weighted by Gasteiger charge is -2.34. The summed E-state index contributed by atoms with van der Waals surface area (Å²) < 4.78 is 13.1. The largest absolute Gasteiger partial charge is 0.396 e. The third-order valence-corrected chi connectivity index (χ3v) is 4.46. The summed E-state index contributed by atoms with van der Waals surface area (Å²) in [4.78, 5) is 0. The molecule has 0 heterocycles. The van der Waals surface area contributed by atoms with E-state index in [0.29, 0.717) is 11.6 Å². The van der Waals surface area contributed by atoms with Crippen LogP contribution >= 0.6 is 11.6 Å². The third kappa shape index (κ3) is 3.70. The topological polar surface area (TPSA) is 58.3 Å². The lowest BCUT2D eigenvalue weighted by atomic mass is 9.84. The number of benzene rings is 1. The van der Waals surface area contributed by atoms with Gasteiger partial charge >= 0.3 is 0 Å². The molecule has 0 aliphatic heterocycles. The quantitative estimate of drug-likeness (QED) is 0.783. The van der Waals surface area contributed by atoms with Gasteiger partial charge in [0.25, 0.3) is 0 Å². The van der Waals surface area contributed by atoms with Crippen LogP contribution in [0.1, 0.15) is 37.3 Å². The van der Waals surface area contributed by atoms with Gasteiger partial charge in [0, 0.05) is 30.3 Å². The normalized spacial score (nSPS) is 24.6. The number of rotatable bonds is 5. The fourth-order valence-electron chi connectivity index (χ4n) is 2.97. The predicted molar refractivity (Wildman–Crippen MR) is 79.2 cm³/mol. The summed E-state index contributed by atoms with van der Waals surface area (Å²) in [6.45, 7) is 0.576. The Labute approximate surface area is 124 Å². The average Bonchev–Trinajstić information content (AvgIpc) is 2.46. The van der Waals surface area contributed by atoms with Gasteiger partial charge in [-0.3, -0.25) is 0 Å². The first-order chi connectivity index (χ1) is 9.65. The van der Waals surface area contributed by atoms with Crippen molar-refractivity contribution in [2.45, 2.75) is 37.8 Å². The maximum Gasteiger partial charge on any atom is 0.124 e. The van der Waals surface area contributed by atoms with Crippen LogP contribution in [0.15, 0.2) is 18.2 Å². The number of nitrogens with two attached hydrogens (primary N) is 1. The molecule has 4 N–H and O–H groups in total. The molecule has 1 aromatic carbocycles. The molecule has 0 spiro atoms. The Morgan fingerprint density at radius 3 is 2.80 bits per heavy atom. The van der Waals surface area contributed by atoms with Gasteiger partial charge in [-0.15, -0.1) is 0 Å². The Bertz CT molecular complexity index is 444. The maximum atomic E-state index is 13.1. The van der Waals surface area contributed by atoms with Crippen molar-refractivity contribution in [2.75, 3.05) is 13.2 Å². The zero-order valence-electron chi connectivity index (χ0n) is 11.5. The summed E-state index contributed by atoms with van der Waals surface area (Å²) in [7, 11) is 0. The molecule has 1 aliphatic rings. The fourth-order valence-corrected chi connectivity index (χ4v) is 3.27. The standard InChI is InChI=1S/C15H22ClFN2O/c16-13-7-11(17)5-6-12(13)15(8-18)19-14-4-2-1-3-10(14)9-20/h5-7,10,14-15,19-20H,1-4,8-9,18H2. The summed E-state index contributed by atoms with van der Waals surface area (Å²) in [6, 6.07) is 4.52. The monoisotopic (exact) mass is 300 g/mol. The van der Waals surface area contributed by atoms with Crippen LogP contribution in [0, 0.1) is 11.7 Å². The minimum Gasteiger partial charge on any atom is -0.396 e. The molecule has 0 saturated heterocycles. The van der Waals surface area contributed by atoms with Gasteiger partial charge in [-0.25, -0.2) is 4.39 Å². The fraction of sp³-hybridized carbons (Fsp3) is 0.600. The van der Waals surface area contributed by atoms with Gasteiger partial charge in [-0.2, -0.15) is 0 Å². The van der Waals surface area contributed by atoms with Crippen molar-refractivity contribution in [1.82, 2.24) is 5.32 Å². The highest BCUT2D eigenvalue weighted by molar-refractivity contribution is 6.31. The second kappa shape index (κ2) is 7.36. The van der Waals surface area contributed by atoms with E-state index in [2.05, 4.69) is 5.32 Å². The van der Waals surface area contributed by atoms with Crippen LogP contribution in [0.5, 0.6) is 0 Å². The number of halogens is 2. The van der Waals surface area contributed by atoms with Gasteiger partial charge < -0.3 is 16.2 Å². The molecule has 1 saturated carbocycles. The van der Waals surface area contributed by atoms with Gasteiger partial charge in [-0.05, 0) is 36.5 Å². The number of hydrogen-bond donors (Lipinski definition) is 3. The zero-order valence-corrected chi connectivity index (χ0v) is 12.2. The minimum atomic E-state index is -0.347. The molecule has 112 valence electrons. The molecule has 2 rings (SSSR count). The number of aliphatic hydroxyl groups excluding tert-OH is 1. The summed E-state index contributed by atoms with van der Waals surface area (Å²) in [5.74, 6) is -0.0857. The van der Waals surface area contributed by atoms with E-state index in [0.717, 1.165) is 31.2 Å². The number of nitrogens with one attached hydrogen (secondary N) is 1. The van der Waals surface area contributed by atoms with Gasteiger partial charge in [0.2, 0.25) is 0 Å². The van der Waals surface area contributed by atoms with E-state index in [1.807, 2.05) is 0 Å². The van der Waals surface area contributed by atoms with Crippen molar-refractivity contribution in [3.05, 3.63) is 34.6 Å². The molecule has 3 unspecified atom stereocenters. The molecule has 1 fully saturated rings. The summed E-state index contributed by atoms with van der Waals surface area (Å²) >= 11 is 6.11. The number of hydrogen-bond acceptors (Lipinski definition) is 3. The minimum absolute atomic E-state index is 0.111. The molecule has 0 radical (unpaired) electrons. The second-order valence-corrected chi connectivity index (χ2v) is 5.86. The van der Waals surface area contributed by atoms with Crippen LogP contribution in [0.3, 0.4) is 0 Å². The molecule has 20 heavy (non-hydrogen) atoms. The first kappa shape index (κ1) is 15.7. The molecular weight excluding hydrogens is 279 g/mol. The molecule has 3 nitrogen and oxygen atoms in total. The highest BCUT2D eigenvalue weighted by Gasteiger charge is 2.27. The van der Waals surface area contributed by atoms with E-state index in [4.69, 9.17) is 17.3 Å². The van der Waals surface area contributed by atoms with E-state index in [9.17, 15) is 9.50 Å². The van der Waals surface area contributed by atoms with Crippen molar-refractivity contribution < 1.29 is 9.50 Å². The molecule has 0 bridgehead atoms. The van der Waals surface area contributed by atoms with Crippen molar-refractivity contribution >= 4 is 11.6 Å². The van der Waals surface area contributed by atoms with Gasteiger partial charge in [0.15, 0.2) is 0 Å². The first-order valence-electron chi connectivity index (χ1n) is 7.17. The van der Waals surface area contributed by atoms with E-state index < -0.39 is 0 Å². The lowest BCUT2D eigenvalue weighted by Crippen LogP contribution is -2.44. The van der Waals surface area contributed by atoms with E-state index >= 15 is 0 Å². The Hall–Kier alpha value is -0.680. The van der Waals surface area contributed by atoms with Crippen LogP contribution in [-0.2, 0) is 0 Å². The van der Waals surface area contributed by atoms with Crippen LogP contribution in [0.25, 0.3) is 0 Å². The molecule has 1 aliphatic carbocycles. The Morgan fingerprint density at radius 2 is 2.15 bits per heavy atom. The third-order valence-electron chi connectivity index (χ3n) is 4.13. The smallest absolute Gasteiger partial charge is 0.124 e. The zero-order chi connectivity index (χ0) is 14.5. The van der Waals surface area contributed by atoms with Crippen LogP contribution in [-0.4, -0.2) is 24.3 Å². The van der Waals surface area contributed by atoms with Crippen LogP contribution < -0.4 is 11.1 Å².